The number of sulfonamides is 1. The third-order valence-corrected chi connectivity index (χ3v) is 7.91. The normalized spacial score (nSPS) is 14.8. The van der Waals surface area contributed by atoms with Gasteiger partial charge in [0, 0.05) is 19.6 Å². The SMILES string of the molecule is CCn1c(COC(=O)c2ccc(OC)c(OC)c2)nc2cc(S(=O)(=O)N3CCCCC3)ccc21. The van der Waals surface area contributed by atoms with Crippen LogP contribution in [-0.2, 0) is 27.9 Å². The van der Waals surface area contributed by atoms with E-state index >= 15 is 0 Å². The Morgan fingerprint density at radius 2 is 1.74 bits per heavy atom. The minimum Gasteiger partial charge on any atom is -0.493 e. The van der Waals surface area contributed by atoms with Crippen LogP contribution >= 0.6 is 0 Å². The first-order valence-electron chi connectivity index (χ1n) is 11.3. The van der Waals surface area contributed by atoms with Crippen LogP contribution in [0, 0.1) is 0 Å². The van der Waals surface area contributed by atoms with E-state index in [1.807, 2.05) is 11.5 Å². The van der Waals surface area contributed by atoms with E-state index < -0.39 is 16.0 Å². The fourth-order valence-corrected chi connectivity index (χ4v) is 5.75. The van der Waals surface area contributed by atoms with E-state index in [-0.39, 0.29) is 11.5 Å². The Labute approximate surface area is 199 Å². The van der Waals surface area contributed by atoms with Crippen LogP contribution in [0.5, 0.6) is 11.5 Å². The first kappa shape index (κ1) is 24.0. The second kappa shape index (κ2) is 10.0. The van der Waals surface area contributed by atoms with E-state index in [9.17, 15) is 13.2 Å². The van der Waals surface area contributed by atoms with E-state index in [0.29, 0.717) is 48.0 Å². The predicted molar refractivity (Wildman–Crippen MR) is 127 cm³/mol. The molecular formula is C24H29N3O6S. The molecule has 3 aromatic rings. The van der Waals surface area contributed by atoms with Crippen LogP contribution in [0.25, 0.3) is 11.0 Å². The van der Waals surface area contributed by atoms with E-state index in [2.05, 4.69) is 4.98 Å². The summed E-state index contributed by atoms with van der Waals surface area (Å²) in [6.45, 7) is 3.59. The predicted octanol–water partition coefficient (Wildman–Crippen LogP) is 3.61. The molecule has 0 radical (unpaired) electrons. The molecule has 0 spiro atoms. The summed E-state index contributed by atoms with van der Waals surface area (Å²) in [6.07, 6.45) is 2.81. The van der Waals surface area contributed by atoms with Gasteiger partial charge in [-0.1, -0.05) is 6.42 Å². The van der Waals surface area contributed by atoms with Crippen molar-refractivity contribution < 1.29 is 27.4 Å². The molecular weight excluding hydrogens is 458 g/mol. The average molecular weight is 488 g/mol. The molecule has 0 unspecified atom stereocenters. The second-order valence-corrected chi connectivity index (χ2v) is 9.97. The number of methoxy groups -OCH3 is 2. The molecule has 2 heterocycles. The van der Waals surface area contributed by atoms with Crippen molar-refractivity contribution in [3.63, 3.8) is 0 Å². The van der Waals surface area contributed by atoms with Gasteiger partial charge in [0.1, 0.15) is 12.4 Å². The number of carbonyl (C=O) groups is 1. The number of ether oxygens (including phenoxy) is 3. The fourth-order valence-electron chi connectivity index (χ4n) is 4.21. The van der Waals surface area contributed by atoms with Crippen LogP contribution in [0.1, 0.15) is 42.4 Å². The minimum absolute atomic E-state index is 0.0517. The summed E-state index contributed by atoms with van der Waals surface area (Å²) in [5.41, 5.74) is 1.67. The Bertz CT molecular complexity index is 1300. The van der Waals surface area contributed by atoms with Crippen LogP contribution in [0.15, 0.2) is 41.3 Å². The zero-order valence-electron chi connectivity index (χ0n) is 19.6. The molecule has 0 atom stereocenters. The highest BCUT2D eigenvalue weighted by molar-refractivity contribution is 7.89. The van der Waals surface area contributed by atoms with Gasteiger partial charge in [-0.25, -0.2) is 18.2 Å². The topological polar surface area (TPSA) is 100.0 Å². The summed E-state index contributed by atoms with van der Waals surface area (Å²) in [4.78, 5) is 17.4. The van der Waals surface area contributed by atoms with Crippen LogP contribution in [0.2, 0.25) is 0 Å². The van der Waals surface area contributed by atoms with Gasteiger partial charge in [-0.15, -0.1) is 0 Å². The number of esters is 1. The van der Waals surface area contributed by atoms with Crippen molar-refractivity contribution in [2.75, 3.05) is 27.3 Å². The van der Waals surface area contributed by atoms with Crippen molar-refractivity contribution in [2.45, 2.75) is 44.2 Å². The zero-order valence-corrected chi connectivity index (χ0v) is 20.4. The highest BCUT2D eigenvalue weighted by Gasteiger charge is 2.27. The monoisotopic (exact) mass is 487 g/mol. The summed E-state index contributed by atoms with van der Waals surface area (Å²) in [6, 6.07) is 9.79. The molecule has 1 aliphatic rings. The molecule has 1 aliphatic heterocycles. The van der Waals surface area contributed by atoms with Gasteiger partial charge in [-0.05, 0) is 56.2 Å². The van der Waals surface area contributed by atoms with Gasteiger partial charge in [0.2, 0.25) is 10.0 Å². The zero-order chi connectivity index (χ0) is 24.3. The fraction of sp³-hybridized carbons (Fsp3) is 0.417. The molecule has 1 saturated heterocycles. The number of benzene rings is 2. The number of nitrogens with zero attached hydrogens (tertiary/aromatic N) is 3. The number of carbonyl (C=O) groups excluding carboxylic acids is 1. The lowest BCUT2D eigenvalue weighted by molar-refractivity contribution is 0.0458. The molecule has 9 nitrogen and oxygen atoms in total. The Morgan fingerprint density at radius 3 is 2.41 bits per heavy atom. The van der Waals surface area contributed by atoms with Crippen molar-refractivity contribution in [1.82, 2.24) is 13.9 Å². The van der Waals surface area contributed by atoms with Crippen LogP contribution in [0.4, 0.5) is 0 Å². The molecule has 2 aromatic carbocycles. The van der Waals surface area contributed by atoms with Crippen LogP contribution in [0.3, 0.4) is 0 Å². The smallest absolute Gasteiger partial charge is 0.338 e. The number of imidazole rings is 1. The summed E-state index contributed by atoms with van der Waals surface area (Å²) < 4.78 is 45.5. The highest BCUT2D eigenvalue weighted by Crippen LogP contribution is 2.28. The Hall–Kier alpha value is -3.11. The van der Waals surface area contributed by atoms with Gasteiger partial charge in [0.15, 0.2) is 11.5 Å². The Morgan fingerprint density at radius 1 is 1.00 bits per heavy atom. The van der Waals surface area contributed by atoms with Crippen molar-refractivity contribution in [3.8, 4) is 11.5 Å². The largest absolute Gasteiger partial charge is 0.493 e. The third-order valence-electron chi connectivity index (χ3n) is 6.02. The van der Waals surface area contributed by atoms with E-state index in [1.54, 1.807) is 40.7 Å². The van der Waals surface area contributed by atoms with Gasteiger partial charge in [0.25, 0.3) is 0 Å². The molecule has 0 aliphatic carbocycles. The summed E-state index contributed by atoms with van der Waals surface area (Å²) in [5.74, 6) is 0.963. The number of fused-ring (bicyclic) bond motifs is 1. The molecule has 34 heavy (non-hydrogen) atoms. The van der Waals surface area contributed by atoms with Gasteiger partial charge in [-0.2, -0.15) is 4.31 Å². The van der Waals surface area contributed by atoms with Crippen molar-refractivity contribution in [1.29, 1.82) is 0 Å². The number of aryl methyl sites for hydroxylation is 1. The van der Waals surface area contributed by atoms with Gasteiger partial charge in [-0.3, -0.25) is 0 Å². The third kappa shape index (κ3) is 4.60. The summed E-state index contributed by atoms with van der Waals surface area (Å²) in [7, 11) is -0.543. The second-order valence-electron chi connectivity index (χ2n) is 8.03. The molecule has 4 rings (SSSR count). The highest BCUT2D eigenvalue weighted by atomic mass is 32.2. The van der Waals surface area contributed by atoms with E-state index in [0.717, 1.165) is 24.8 Å². The molecule has 182 valence electrons. The molecule has 10 heteroatoms. The Balaban J connectivity index is 1.56. The number of aromatic nitrogens is 2. The first-order chi connectivity index (χ1) is 16.4. The van der Waals surface area contributed by atoms with Crippen molar-refractivity contribution in [2.24, 2.45) is 0 Å². The van der Waals surface area contributed by atoms with Crippen LogP contribution < -0.4 is 9.47 Å². The molecule has 1 aromatic heterocycles. The summed E-state index contributed by atoms with van der Waals surface area (Å²) >= 11 is 0. The molecule has 0 amide bonds. The van der Waals surface area contributed by atoms with Crippen LogP contribution in [-0.4, -0.2) is 55.6 Å². The first-order valence-corrected chi connectivity index (χ1v) is 12.7. The maximum Gasteiger partial charge on any atom is 0.338 e. The Kier molecular flexibility index (Phi) is 7.08. The molecule has 0 N–H and O–H groups in total. The lowest BCUT2D eigenvalue weighted by Crippen LogP contribution is -2.35. The van der Waals surface area contributed by atoms with Crippen molar-refractivity contribution >= 4 is 27.0 Å². The molecule has 1 fully saturated rings. The maximum atomic E-state index is 13.1. The van der Waals surface area contributed by atoms with E-state index in [1.165, 1.54) is 14.2 Å². The van der Waals surface area contributed by atoms with Crippen molar-refractivity contribution in [3.05, 3.63) is 47.8 Å². The van der Waals surface area contributed by atoms with Gasteiger partial charge < -0.3 is 18.8 Å². The van der Waals surface area contributed by atoms with Gasteiger partial charge >= 0.3 is 5.97 Å². The molecule has 0 saturated carbocycles. The quantitative estimate of drug-likeness (QED) is 0.448. The molecule has 0 bridgehead atoms. The number of hydrogen-bond acceptors (Lipinski definition) is 7. The van der Waals surface area contributed by atoms with Gasteiger partial charge in [0.05, 0.1) is 35.7 Å². The lowest BCUT2D eigenvalue weighted by Gasteiger charge is -2.25. The number of piperidine rings is 1. The average Bonchev–Trinajstić information content (AvgIpc) is 3.23. The number of hydrogen-bond donors (Lipinski definition) is 0. The van der Waals surface area contributed by atoms with E-state index in [4.69, 9.17) is 14.2 Å². The maximum absolute atomic E-state index is 13.1. The lowest BCUT2D eigenvalue weighted by atomic mass is 10.2. The number of rotatable bonds is 8. The minimum atomic E-state index is -3.56. The standard InChI is InChI=1S/C24H29N3O6S/c1-4-27-20-10-9-18(34(29,30)26-12-6-5-7-13-26)15-19(20)25-23(27)16-33-24(28)17-8-11-21(31-2)22(14-17)32-3/h8-11,14-15H,4-7,12-13,16H2,1-3H3. The summed E-state index contributed by atoms with van der Waals surface area (Å²) in [5, 5.41) is 0.